The third-order valence-corrected chi connectivity index (χ3v) is 3.29. The SMILES string of the molecule is Cc1ccc(OCc2ccnc(Nc3ccccn3)c2)cc1F. The van der Waals surface area contributed by atoms with Gasteiger partial charge in [0.1, 0.15) is 29.8 Å². The highest BCUT2D eigenvalue weighted by Gasteiger charge is 2.03. The summed E-state index contributed by atoms with van der Waals surface area (Å²) in [6.07, 6.45) is 3.40. The Balaban J connectivity index is 1.66. The summed E-state index contributed by atoms with van der Waals surface area (Å²) in [6.45, 7) is 2.06. The molecule has 5 heteroatoms. The molecular weight excluding hydrogens is 293 g/mol. The normalized spacial score (nSPS) is 10.3. The van der Waals surface area contributed by atoms with Gasteiger partial charge in [0.25, 0.3) is 0 Å². The molecule has 2 aromatic heterocycles. The molecule has 0 aliphatic rings. The fourth-order valence-corrected chi connectivity index (χ4v) is 2.03. The lowest BCUT2D eigenvalue weighted by Gasteiger charge is -2.09. The van der Waals surface area contributed by atoms with E-state index in [2.05, 4.69) is 15.3 Å². The van der Waals surface area contributed by atoms with Crippen molar-refractivity contribution in [2.75, 3.05) is 5.32 Å². The van der Waals surface area contributed by atoms with Crippen molar-refractivity contribution < 1.29 is 9.13 Å². The molecule has 0 saturated heterocycles. The van der Waals surface area contributed by atoms with Crippen LogP contribution in [0.1, 0.15) is 11.1 Å². The number of hydrogen-bond acceptors (Lipinski definition) is 4. The van der Waals surface area contributed by atoms with E-state index < -0.39 is 0 Å². The smallest absolute Gasteiger partial charge is 0.131 e. The zero-order valence-corrected chi connectivity index (χ0v) is 12.7. The van der Waals surface area contributed by atoms with Crippen molar-refractivity contribution >= 4 is 11.6 Å². The third kappa shape index (κ3) is 4.03. The number of aryl methyl sites for hydroxylation is 1. The second-order valence-electron chi connectivity index (χ2n) is 5.09. The van der Waals surface area contributed by atoms with Crippen LogP contribution in [0.2, 0.25) is 0 Å². The van der Waals surface area contributed by atoms with Crippen molar-refractivity contribution in [2.24, 2.45) is 0 Å². The molecule has 0 saturated carbocycles. The summed E-state index contributed by atoms with van der Waals surface area (Å²) >= 11 is 0. The molecule has 1 N–H and O–H groups in total. The third-order valence-electron chi connectivity index (χ3n) is 3.29. The molecule has 0 unspecified atom stereocenters. The number of anilines is 2. The summed E-state index contributed by atoms with van der Waals surface area (Å²) in [6, 6.07) is 14.2. The van der Waals surface area contributed by atoms with Crippen LogP contribution >= 0.6 is 0 Å². The summed E-state index contributed by atoms with van der Waals surface area (Å²) < 4.78 is 19.1. The Morgan fingerprint density at radius 2 is 1.87 bits per heavy atom. The van der Waals surface area contributed by atoms with Gasteiger partial charge in [-0.3, -0.25) is 0 Å². The Bertz CT molecular complexity index is 793. The van der Waals surface area contributed by atoms with Crippen LogP contribution in [0, 0.1) is 12.7 Å². The largest absolute Gasteiger partial charge is 0.489 e. The second-order valence-corrected chi connectivity index (χ2v) is 5.09. The maximum Gasteiger partial charge on any atom is 0.131 e. The zero-order valence-electron chi connectivity index (χ0n) is 12.7. The lowest BCUT2D eigenvalue weighted by Crippen LogP contribution is -2.00. The number of rotatable bonds is 5. The van der Waals surface area contributed by atoms with E-state index in [0.717, 1.165) is 11.4 Å². The zero-order chi connectivity index (χ0) is 16.1. The second kappa shape index (κ2) is 6.87. The van der Waals surface area contributed by atoms with Crippen LogP contribution in [0.15, 0.2) is 60.9 Å². The Kier molecular flexibility index (Phi) is 4.47. The Morgan fingerprint density at radius 1 is 1.00 bits per heavy atom. The first-order valence-electron chi connectivity index (χ1n) is 7.23. The summed E-state index contributed by atoms with van der Waals surface area (Å²) in [5, 5.41) is 3.12. The van der Waals surface area contributed by atoms with Crippen molar-refractivity contribution in [3.8, 4) is 5.75 Å². The lowest BCUT2D eigenvalue weighted by atomic mass is 10.2. The van der Waals surface area contributed by atoms with Gasteiger partial charge in [0.05, 0.1) is 0 Å². The molecule has 4 nitrogen and oxygen atoms in total. The Morgan fingerprint density at radius 3 is 2.65 bits per heavy atom. The number of benzene rings is 1. The molecule has 0 bridgehead atoms. The Hall–Kier alpha value is -2.95. The highest BCUT2D eigenvalue weighted by atomic mass is 19.1. The first-order chi connectivity index (χ1) is 11.2. The number of nitrogens with one attached hydrogen (secondary N) is 1. The monoisotopic (exact) mass is 309 g/mol. The minimum atomic E-state index is -0.269. The van der Waals surface area contributed by atoms with E-state index in [1.165, 1.54) is 6.07 Å². The van der Waals surface area contributed by atoms with E-state index in [0.29, 0.717) is 23.7 Å². The van der Waals surface area contributed by atoms with E-state index >= 15 is 0 Å². The minimum Gasteiger partial charge on any atom is -0.489 e. The predicted octanol–water partition coefficient (Wildman–Crippen LogP) is 4.25. The maximum absolute atomic E-state index is 13.5. The molecule has 23 heavy (non-hydrogen) atoms. The molecule has 1 aromatic carbocycles. The van der Waals surface area contributed by atoms with Crippen LogP contribution in [0.3, 0.4) is 0 Å². The van der Waals surface area contributed by atoms with Crippen LogP contribution in [-0.4, -0.2) is 9.97 Å². The molecule has 3 aromatic rings. The molecule has 3 rings (SSSR count). The van der Waals surface area contributed by atoms with Gasteiger partial charge in [0.2, 0.25) is 0 Å². The molecule has 0 fully saturated rings. The highest BCUT2D eigenvalue weighted by Crippen LogP contribution is 2.18. The van der Waals surface area contributed by atoms with Gasteiger partial charge in [-0.15, -0.1) is 0 Å². The molecule has 0 aliphatic carbocycles. The summed E-state index contributed by atoms with van der Waals surface area (Å²) in [5.41, 5.74) is 1.53. The first-order valence-corrected chi connectivity index (χ1v) is 7.23. The van der Waals surface area contributed by atoms with Gasteiger partial charge in [-0.2, -0.15) is 0 Å². The maximum atomic E-state index is 13.5. The molecule has 0 radical (unpaired) electrons. The molecule has 0 amide bonds. The van der Waals surface area contributed by atoms with Gasteiger partial charge in [-0.05, 0) is 48.4 Å². The van der Waals surface area contributed by atoms with Crippen molar-refractivity contribution in [1.82, 2.24) is 9.97 Å². The standard InChI is InChI=1S/C18H16FN3O/c1-13-5-6-15(11-16(13)19)23-12-14-7-9-21-18(10-14)22-17-4-2-3-8-20-17/h2-11H,12H2,1H3,(H,20,21,22). The van der Waals surface area contributed by atoms with Crippen LogP contribution < -0.4 is 10.1 Å². The number of ether oxygens (including phenoxy) is 1. The van der Waals surface area contributed by atoms with Crippen molar-refractivity contribution in [3.05, 3.63) is 77.9 Å². The van der Waals surface area contributed by atoms with Gasteiger partial charge in [0.15, 0.2) is 0 Å². The van der Waals surface area contributed by atoms with Crippen molar-refractivity contribution in [3.63, 3.8) is 0 Å². The fraction of sp³-hybridized carbons (Fsp3) is 0.111. The van der Waals surface area contributed by atoms with E-state index in [1.807, 2.05) is 30.3 Å². The Labute approximate surface area is 134 Å². The van der Waals surface area contributed by atoms with Crippen LogP contribution in [-0.2, 0) is 6.61 Å². The first kappa shape index (κ1) is 15.0. The number of halogens is 1. The lowest BCUT2D eigenvalue weighted by molar-refractivity contribution is 0.304. The van der Waals surface area contributed by atoms with Gasteiger partial charge in [-0.25, -0.2) is 14.4 Å². The van der Waals surface area contributed by atoms with Gasteiger partial charge < -0.3 is 10.1 Å². The van der Waals surface area contributed by atoms with E-state index in [4.69, 9.17) is 4.74 Å². The van der Waals surface area contributed by atoms with Crippen molar-refractivity contribution in [1.29, 1.82) is 0 Å². The highest BCUT2D eigenvalue weighted by molar-refractivity contribution is 5.51. The fourth-order valence-electron chi connectivity index (χ4n) is 2.03. The van der Waals surface area contributed by atoms with Gasteiger partial charge in [0, 0.05) is 18.5 Å². The summed E-state index contributed by atoms with van der Waals surface area (Å²) in [5.74, 6) is 1.64. The molecule has 2 heterocycles. The van der Waals surface area contributed by atoms with E-state index in [1.54, 1.807) is 31.5 Å². The summed E-state index contributed by atoms with van der Waals surface area (Å²) in [7, 11) is 0. The average molecular weight is 309 g/mol. The number of nitrogens with zero attached hydrogens (tertiary/aromatic N) is 2. The van der Waals surface area contributed by atoms with Crippen LogP contribution in [0.25, 0.3) is 0 Å². The van der Waals surface area contributed by atoms with Crippen molar-refractivity contribution in [2.45, 2.75) is 13.5 Å². The van der Waals surface area contributed by atoms with E-state index in [-0.39, 0.29) is 5.82 Å². The van der Waals surface area contributed by atoms with Crippen LogP contribution in [0.5, 0.6) is 5.75 Å². The van der Waals surface area contributed by atoms with E-state index in [9.17, 15) is 4.39 Å². The van der Waals surface area contributed by atoms with Crippen LogP contribution in [0.4, 0.5) is 16.0 Å². The van der Waals surface area contributed by atoms with Gasteiger partial charge in [-0.1, -0.05) is 12.1 Å². The molecule has 116 valence electrons. The topological polar surface area (TPSA) is 47.0 Å². The number of aromatic nitrogens is 2. The number of hydrogen-bond donors (Lipinski definition) is 1. The molecule has 0 aliphatic heterocycles. The quantitative estimate of drug-likeness (QED) is 0.765. The average Bonchev–Trinajstić information content (AvgIpc) is 2.57. The van der Waals surface area contributed by atoms with Gasteiger partial charge >= 0.3 is 0 Å². The molecule has 0 atom stereocenters. The molecule has 0 spiro atoms. The molecular formula is C18H16FN3O. The number of pyridine rings is 2. The predicted molar refractivity (Wildman–Crippen MR) is 87.2 cm³/mol. The minimum absolute atomic E-state index is 0.269. The summed E-state index contributed by atoms with van der Waals surface area (Å²) in [4.78, 5) is 8.44.